The number of hydrogen-bond acceptors (Lipinski definition) is 6. The van der Waals surface area contributed by atoms with E-state index in [2.05, 4.69) is 27.6 Å². The predicted octanol–water partition coefficient (Wildman–Crippen LogP) is 1.43. The van der Waals surface area contributed by atoms with E-state index in [9.17, 15) is 9.59 Å². The van der Waals surface area contributed by atoms with E-state index in [0.717, 1.165) is 30.1 Å². The number of likely N-dealkylation sites (N-methyl/N-ethyl adjacent to an activating group) is 1. The molecule has 1 aromatic carbocycles. The number of nitrogens with one attached hydrogen (secondary N) is 1. The first-order valence-electron chi connectivity index (χ1n) is 8.82. The number of aromatic nitrogens is 3. The monoisotopic (exact) mass is 372 g/mol. The van der Waals surface area contributed by atoms with Crippen LogP contribution in [0.4, 0.5) is 10.5 Å². The lowest BCUT2D eigenvalue weighted by atomic mass is 10.2. The van der Waals surface area contributed by atoms with Gasteiger partial charge in [0.1, 0.15) is 18.1 Å². The van der Waals surface area contributed by atoms with Gasteiger partial charge in [0.2, 0.25) is 5.91 Å². The van der Waals surface area contributed by atoms with Crippen molar-refractivity contribution in [2.45, 2.75) is 26.0 Å². The van der Waals surface area contributed by atoms with Crippen LogP contribution < -0.4 is 15.0 Å². The summed E-state index contributed by atoms with van der Waals surface area (Å²) in [5.41, 5.74) is 1.23. The number of rotatable bonds is 5. The van der Waals surface area contributed by atoms with Gasteiger partial charge in [-0.15, -0.1) is 5.10 Å². The molecule has 0 aliphatic carbocycles. The number of nitrogens with zero attached hydrogens (tertiary/aromatic N) is 5. The zero-order valence-corrected chi connectivity index (χ0v) is 15.8. The molecule has 1 atom stereocenters. The fourth-order valence-corrected chi connectivity index (χ4v) is 3.09. The lowest BCUT2D eigenvalue weighted by molar-refractivity contribution is -0.115. The van der Waals surface area contributed by atoms with E-state index in [4.69, 9.17) is 4.74 Å². The van der Waals surface area contributed by atoms with E-state index in [1.165, 1.54) is 14.0 Å². The standard InChI is InChI=1S/C18H24N6O3/c1-13(25)24(18(26)19-2)15-4-6-17(7-5-15)27-12-14-10-23(21-20-14)16-8-9-22(3)11-16/h4-7,10,16H,8-9,11-12H2,1-3H3,(H,19,26)/t16-/m1/s1. The van der Waals surface area contributed by atoms with Crippen LogP contribution in [0.3, 0.4) is 0 Å². The number of anilines is 1. The highest BCUT2D eigenvalue weighted by atomic mass is 16.5. The molecule has 1 saturated heterocycles. The third-order valence-corrected chi connectivity index (χ3v) is 4.51. The van der Waals surface area contributed by atoms with E-state index in [0.29, 0.717) is 24.1 Å². The highest BCUT2D eigenvalue weighted by Gasteiger charge is 2.22. The number of hydrogen-bond donors (Lipinski definition) is 1. The third-order valence-electron chi connectivity index (χ3n) is 4.51. The Balaban J connectivity index is 1.60. The molecule has 144 valence electrons. The molecule has 1 N–H and O–H groups in total. The van der Waals surface area contributed by atoms with E-state index >= 15 is 0 Å². The van der Waals surface area contributed by atoms with E-state index in [1.807, 2.05) is 10.9 Å². The van der Waals surface area contributed by atoms with Gasteiger partial charge in [0.15, 0.2) is 0 Å². The second-order valence-corrected chi connectivity index (χ2v) is 6.59. The quantitative estimate of drug-likeness (QED) is 0.853. The maximum absolute atomic E-state index is 11.8. The zero-order valence-electron chi connectivity index (χ0n) is 15.8. The van der Waals surface area contributed by atoms with Crippen LogP contribution in [-0.2, 0) is 11.4 Å². The number of likely N-dealkylation sites (tertiary alicyclic amines) is 1. The van der Waals surface area contributed by atoms with Gasteiger partial charge in [-0.2, -0.15) is 0 Å². The minimum absolute atomic E-state index is 0.299. The minimum Gasteiger partial charge on any atom is -0.487 e. The van der Waals surface area contributed by atoms with Gasteiger partial charge in [0.05, 0.1) is 17.9 Å². The molecule has 1 aromatic heterocycles. The smallest absolute Gasteiger partial charge is 0.328 e. The summed E-state index contributed by atoms with van der Waals surface area (Å²) in [5.74, 6) is 0.256. The molecule has 0 radical (unpaired) electrons. The number of carbonyl (C=O) groups is 2. The van der Waals surface area contributed by atoms with Crippen LogP contribution in [0.25, 0.3) is 0 Å². The average molecular weight is 372 g/mol. The summed E-state index contributed by atoms with van der Waals surface area (Å²) in [6.45, 7) is 3.68. The van der Waals surface area contributed by atoms with Gasteiger partial charge in [-0.1, -0.05) is 5.21 Å². The molecule has 3 amide bonds. The number of amides is 3. The SMILES string of the molecule is CNC(=O)N(C(C)=O)c1ccc(OCc2cn([C@@H]3CCN(C)C3)nn2)cc1. The van der Waals surface area contributed by atoms with Crippen molar-refractivity contribution >= 4 is 17.6 Å². The van der Waals surface area contributed by atoms with Crippen LogP contribution in [0.1, 0.15) is 25.1 Å². The topological polar surface area (TPSA) is 92.6 Å². The number of urea groups is 1. The predicted molar refractivity (Wildman–Crippen MR) is 99.6 cm³/mol. The van der Waals surface area contributed by atoms with Crippen LogP contribution in [0.15, 0.2) is 30.5 Å². The molecular formula is C18H24N6O3. The molecule has 9 nitrogen and oxygen atoms in total. The van der Waals surface area contributed by atoms with Crippen LogP contribution in [0, 0.1) is 0 Å². The van der Waals surface area contributed by atoms with Crippen molar-refractivity contribution in [2.24, 2.45) is 0 Å². The molecule has 1 fully saturated rings. The lowest BCUT2D eigenvalue weighted by Crippen LogP contribution is -2.41. The Morgan fingerprint density at radius 2 is 2.07 bits per heavy atom. The Bertz CT molecular complexity index is 804. The number of ether oxygens (including phenoxy) is 1. The number of carbonyl (C=O) groups excluding carboxylic acids is 2. The summed E-state index contributed by atoms with van der Waals surface area (Å²) < 4.78 is 7.64. The molecule has 27 heavy (non-hydrogen) atoms. The molecule has 3 rings (SSSR count). The zero-order chi connectivity index (χ0) is 19.4. The summed E-state index contributed by atoms with van der Waals surface area (Å²) in [6, 6.07) is 6.63. The van der Waals surface area contributed by atoms with E-state index in [-0.39, 0.29) is 5.91 Å². The fourth-order valence-electron chi connectivity index (χ4n) is 3.09. The Kier molecular flexibility index (Phi) is 5.70. The van der Waals surface area contributed by atoms with Crippen LogP contribution in [0.5, 0.6) is 5.75 Å². The van der Waals surface area contributed by atoms with Crippen molar-refractivity contribution in [3.8, 4) is 5.75 Å². The van der Waals surface area contributed by atoms with Crippen LogP contribution in [0.2, 0.25) is 0 Å². The van der Waals surface area contributed by atoms with Gasteiger partial charge in [-0.3, -0.25) is 4.79 Å². The number of benzene rings is 1. The first-order chi connectivity index (χ1) is 13.0. The Morgan fingerprint density at radius 1 is 1.33 bits per heavy atom. The Hall–Kier alpha value is -2.94. The molecule has 0 spiro atoms. The maximum Gasteiger partial charge on any atom is 0.328 e. The van der Waals surface area contributed by atoms with Crippen molar-refractivity contribution < 1.29 is 14.3 Å². The van der Waals surface area contributed by atoms with Gasteiger partial charge in [0.25, 0.3) is 0 Å². The summed E-state index contributed by atoms with van der Waals surface area (Å²) >= 11 is 0. The first-order valence-corrected chi connectivity index (χ1v) is 8.82. The minimum atomic E-state index is -0.481. The molecule has 1 aliphatic rings. The van der Waals surface area contributed by atoms with Gasteiger partial charge in [0, 0.05) is 20.5 Å². The fraction of sp³-hybridized carbons (Fsp3) is 0.444. The molecule has 0 bridgehead atoms. The first kappa shape index (κ1) is 18.8. The highest BCUT2D eigenvalue weighted by molar-refractivity contribution is 6.13. The van der Waals surface area contributed by atoms with Crippen molar-refractivity contribution in [1.82, 2.24) is 25.2 Å². The molecule has 2 heterocycles. The van der Waals surface area contributed by atoms with Crippen LogP contribution in [-0.4, -0.2) is 59.0 Å². The normalized spacial score (nSPS) is 16.9. The Labute approximate surface area is 157 Å². The van der Waals surface area contributed by atoms with Crippen molar-refractivity contribution in [3.63, 3.8) is 0 Å². The van der Waals surface area contributed by atoms with Crippen molar-refractivity contribution in [1.29, 1.82) is 0 Å². The van der Waals surface area contributed by atoms with Crippen LogP contribution >= 0.6 is 0 Å². The molecule has 0 saturated carbocycles. The molecule has 1 aliphatic heterocycles. The largest absolute Gasteiger partial charge is 0.487 e. The van der Waals surface area contributed by atoms with E-state index in [1.54, 1.807) is 24.3 Å². The molecule has 0 unspecified atom stereocenters. The molecular weight excluding hydrogens is 348 g/mol. The summed E-state index contributed by atoms with van der Waals surface area (Å²) in [4.78, 5) is 26.8. The van der Waals surface area contributed by atoms with Gasteiger partial charge >= 0.3 is 6.03 Å². The number of imide groups is 1. The maximum atomic E-state index is 11.8. The van der Waals surface area contributed by atoms with E-state index < -0.39 is 6.03 Å². The van der Waals surface area contributed by atoms with Crippen molar-refractivity contribution in [3.05, 3.63) is 36.2 Å². The second-order valence-electron chi connectivity index (χ2n) is 6.59. The Morgan fingerprint density at radius 3 is 2.67 bits per heavy atom. The summed E-state index contributed by atoms with van der Waals surface area (Å²) in [7, 11) is 3.58. The van der Waals surface area contributed by atoms with Gasteiger partial charge in [-0.25, -0.2) is 14.4 Å². The summed E-state index contributed by atoms with van der Waals surface area (Å²) in [6.07, 6.45) is 2.99. The van der Waals surface area contributed by atoms with Gasteiger partial charge in [-0.05, 0) is 44.3 Å². The lowest BCUT2D eigenvalue weighted by Gasteiger charge is -2.18. The summed E-state index contributed by atoms with van der Waals surface area (Å²) in [5, 5.41) is 10.8. The average Bonchev–Trinajstić information content (AvgIpc) is 3.29. The molecule has 9 heteroatoms. The third kappa shape index (κ3) is 4.43. The van der Waals surface area contributed by atoms with Gasteiger partial charge < -0.3 is 15.0 Å². The highest BCUT2D eigenvalue weighted by Crippen LogP contribution is 2.22. The van der Waals surface area contributed by atoms with Crippen molar-refractivity contribution in [2.75, 3.05) is 32.1 Å². The molecule has 2 aromatic rings. The second kappa shape index (κ2) is 8.17.